The van der Waals surface area contributed by atoms with Crippen LogP contribution in [0.25, 0.3) is 0 Å². The van der Waals surface area contributed by atoms with Crippen LogP contribution in [-0.4, -0.2) is 61.1 Å². The van der Waals surface area contributed by atoms with Crippen LogP contribution in [0.1, 0.15) is 10.4 Å². The smallest absolute Gasteiger partial charge is 0.338 e. The van der Waals surface area contributed by atoms with Gasteiger partial charge in [-0.1, -0.05) is 12.7 Å². The summed E-state index contributed by atoms with van der Waals surface area (Å²) in [6, 6.07) is 12.8. The van der Waals surface area contributed by atoms with Crippen LogP contribution >= 0.6 is 0 Å². The average molecular weight is 425 g/mol. The Morgan fingerprint density at radius 1 is 1.03 bits per heavy atom. The molecule has 0 aromatic heterocycles. The number of non-ortho nitro benzene ring substituents is 1. The molecule has 9 heteroatoms. The average Bonchev–Trinajstić information content (AvgIpc) is 2.81. The molecule has 9 nitrogen and oxygen atoms in total. The number of anilines is 1. The Bertz CT molecular complexity index is 935. The van der Waals surface area contributed by atoms with Gasteiger partial charge in [-0.05, 0) is 36.4 Å². The summed E-state index contributed by atoms with van der Waals surface area (Å²) in [5, 5.41) is 10.8. The summed E-state index contributed by atoms with van der Waals surface area (Å²) >= 11 is 0. The third-order valence-corrected chi connectivity index (χ3v) is 4.84. The van der Waals surface area contributed by atoms with Crippen LogP contribution in [0, 0.1) is 10.1 Å². The number of hydrogen-bond acceptors (Lipinski definition) is 7. The summed E-state index contributed by atoms with van der Waals surface area (Å²) in [7, 11) is 0. The van der Waals surface area contributed by atoms with E-state index in [1.807, 2.05) is 0 Å². The quantitative estimate of drug-likeness (QED) is 0.277. The highest BCUT2D eigenvalue weighted by Gasteiger charge is 2.23. The second-order valence-electron chi connectivity index (χ2n) is 6.84. The molecule has 0 atom stereocenters. The van der Waals surface area contributed by atoms with Crippen LogP contribution in [-0.2, 0) is 9.53 Å². The Kier molecular flexibility index (Phi) is 7.21. The minimum absolute atomic E-state index is 0.0401. The number of rotatable bonds is 8. The van der Waals surface area contributed by atoms with Crippen LogP contribution in [0.15, 0.2) is 61.2 Å². The molecule has 31 heavy (non-hydrogen) atoms. The molecule has 2 aromatic rings. The highest BCUT2D eigenvalue weighted by atomic mass is 16.6. The fourth-order valence-electron chi connectivity index (χ4n) is 3.14. The van der Waals surface area contributed by atoms with E-state index in [0.29, 0.717) is 44.1 Å². The van der Waals surface area contributed by atoms with Crippen molar-refractivity contribution >= 4 is 23.3 Å². The fraction of sp³-hybridized carbons (Fsp3) is 0.273. The summed E-state index contributed by atoms with van der Waals surface area (Å²) in [6.45, 7) is 5.74. The Hall–Kier alpha value is -3.88. The Morgan fingerprint density at radius 3 is 2.26 bits per heavy atom. The number of ether oxygens (including phenoxy) is 2. The van der Waals surface area contributed by atoms with E-state index >= 15 is 0 Å². The summed E-state index contributed by atoms with van der Waals surface area (Å²) in [5.41, 5.74) is 1.24. The van der Waals surface area contributed by atoms with Crippen molar-refractivity contribution in [2.24, 2.45) is 0 Å². The maximum absolute atomic E-state index is 12.4. The van der Waals surface area contributed by atoms with Gasteiger partial charge in [0, 0.05) is 44.0 Å². The van der Waals surface area contributed by atoms with Gasteiger partial charge in [-0.3, -0.25) is 14.9 Å². The molecule has 1 aliphatic heterocycles. The standard InChI is InChI=1S/C22H23N3O6/c1-2-15-30-20-9-3-17(4-10-20)22(27)31-16-21(26)24-13-11-23(12-14-24)18-5-7-19(8-6-18)25(28)29/h2-10H,1,11-16H2. The molecule has 1 fully saturated rings. The molecule has 0 N–H and O–H groups in total. The number of carbonyl (C=O) groups is 2. The van der Waals surface area contributed by atoms with Crippen molar-refractivity contribution in [3.63, 3.8) is 0 Å². The molecular weight excluding hydrogens is 402 g/mol. The Morgan fingerprint density at radius 2 is 1.68 bits per heavy atom. The van der Waals surface area contributed by atoms with Crippen molar-refractivity contribution < 1.29 is 24.0 Å². The zero-order chi connectivity index (χ0) is 22.2. The minimum atomic E-state index is -0.576. The molecule has 0 radical (unpaired) electrons. The first-order valence-corrected chi connectivity index (χ1v) is 9.76. The second-order valence-corrected chi connectivity index (χ2v) is 6.84. The first kappa shape index (κ1) is 21.8. The molecule has 1 saturated heterocycles. The van der Waals surface area contributed by atoms with Gasteiger partial charge in [0.2, 0.25) is 0 Å². The number of piperazine rings is 1. The van der Waals surface area contributed by atoms with Gasteiger partial charge in [0.05, 0.1) is 10.5 Å². The molecule has 0 saturated carbocycles. The summed E-state index contributed by atoms with van der Waals surface area (Å²) < 4.78 is 10.5. The van der Waals surface area contributed by atoms with Crippen LogP contribution < -0.4 is 9.64 Å². The first-order chi connectivity index (χ1) is 15.0. The van der Waals surface area contributed by atoms with Crippen molar-refractivity contribution in [1.29, 1.82) is 0 Å². The molecule has 1 heterocycles. The van der Waals surface area contributed by atoms with Gasteiger partial charge in [0.1, 0.15) is 12.4 Å². The monoisotopic (exact) mass is 425 g/mol. The van der Waals surface area contributed by atoms with Crippen molar-refractivity contribution in [1.82, 2.24) is 4.90 Å². The van der Waals surface area contributed by atoms with Gasteiger partial charge < -0.3 is 19.3 Å². The van der Waals surface area contributed by atoms with E-state index in [0.717, 1.165) is 5.69 Å². The van der Waals surface area contributed by atoms with Crippen LogP contribution in [0.2, 0.25) is 0 Å². The van der Waals surface area contributed by atoms with Crippen molar-refractivity contribution in [2.75, 3.05) is 44.3 Å². The molecule has 1 aliphatic rings. The lowest BCUT2D eigenvalue weighted by Gasteiger charge is -2.36. The van der Waals surface area contributed by atoms with E-state index in [1.54, 1.807) is 47.4 Å². The summed E-state index contributed by atoms with van der Waals surface area (Å²) in [5.74, 6) is -0.228. The fourth-order valence-corrected chi connectivity index (χ4v) is 3.14. The number of amides is 1. The van der Waals surface area contributed by atoms with Crippen molar-refractivity contribution in [3.05, 3.63) is 76.9 Å². The molecule has 0 spiro atoms. The lowest BCUT2D eigenvalue weighted by atomic mass is 10.2. The molecule has 0 unspecified atom stereocenters. The summed E-state index contributed by atoms with van der Waals surface area (Å²) in [6.07, 6.45) is 1.62. The molecule has 1 amide bonds. The molecule has 162 valence electrons. The number of carbonyl (C=O) groups excluding carboxylic acids is 2. The lowest BCUT2D eigenvalue weighted by Crippen LogP contribution is -2.49. The molecular formula is C22H23N3O6. The van der Waals surface area contributed by atoms with Gasteiger partial charge in [-0.25, -0.2) is 4.79 Å². The van der Waals surface area contributed by atoms with Crippen LogP contribution in [0.3, 0.4) is 0 Å². The largest absolute Gasteiger partial charge is 0.490 e. The van der Waals surface area contributed by atoms with Gasteiger partial charge in [0.15, 0.2) is 6.61 Å². The number of esters is 1. The van der Waals surface area contributed by atoms with E-state index in [2.05, 4.69) is 11.5 Å². The lowest BCUT2D eigenvalue weighted by molar-refractivity contribution is -0.384. The van der Waals surface area contributed by atoms with E-state index in [4.69, 9.17) is 9.47 Å². The Balaban J connectivity index is 1.44. The molecule has 2 aromatic carbocycles. The van der Waals surface area contributed by atoms with Gasteiger partial charge in [-0.2, -0.15) is 0 Å². The van der Waals surface area contributed by atoms with E-state index < -0.39 is 10.9 Å². The molecule has 0 bridgehead atoms. The normalized spacial score (nSPS) is 13.4. The SMILES string of the molecule is C=CCOc1ccc(C(=O)OCC(=O)N2CCN(c3ccc([N+](=O)[O-])cc3)CC2)cc1. The number of nitro benzene ring substituents is 1. The number of hydrogen-bond donors (Lipinski definition) is 0. The van der Waals surface area contributed by atoms with Crippen LogP contribution in [0.4, 0.5) is 11.4 Å². The zero-order valence-electron chi connectivity index (χ0n) is 16.9. The minimum Gasteiger partial charge on any atom is -0.490 e. The van der Waals surface area contributed by atoms with E-state index in [1.165, 1.54) is 12.1 Å². The van der Waals surface area contributed by atoms with Gasteiger partial charge in [-0.15, -0.1) is 0 Å². The topological polar surface area (TPSA) is 102 Å². The first-order valence-electron chi connectivity index (χ1n) is 9.76. The third kappa shape index (κ3) is 5.81. The van der Waals surface area contributed by atoms with Crippen molar-refractivity contribution in [3.8, 4) is 5.75 Å². The van der Waals surface area contributed by atoms with Crippen LogP contribution in [0.5, 0.6) is 5.75 Å². The maximum Gasteiger partial charge on any atom is 0.338 e. The Labute approximate surface area is 179 Å². The third-order valence-electron chi connectivity index (χ3n) is 4.84. The number of nitrogens with zero attached hydrogens (tertiary/aromatic N) is 3. The predicted octanol–water partition coefficient (Wildman–Crippen LogP) is 2.67. The second kappa shape index (κ2) is 10.2. The van der Waals surface area contributed by atoms with E-state index in [9.17, 15) is 19.7 Å². The zero-order valence-corrected chi connectivity index (χ0v) is 16.9. The van der Waals surface area contributed by atoms with E-state index in [-0.39, 0.29) is 18.2 Å². The highest BCUT2D eigenvalue weighted by Crippen LogP contribution is 2.20. The number of benzene rings is 2. The van der Waals surface area contributed by atoms with Gasteiger partial charge in [0.25, 0.3) is 11.6 Å². The van der Waals surface area contributed by atoms with Crippen molar-refractivity contribution in [2.45, 2.75) is 0 Å². The highest BCUT2D eigenvalue weighted by molar-refractivity contribution is 5.91. The summed E-state index contributed by atoms with van der Waals surface area (Å²) in [4.78, 5) is 38.6. The maximum atomic E-state index is 12.4. The number of nitro groups is 1. The van der Waals surface area contributed by atoms with Gasteiger partial charge >= 0.3 is 5.97 Å². The molecule has 3 rings (SSSR count). The molecule has 0 aliphatic carbocycles. The predicted molar refractivity (Wildman–Crippen MR) is 114 cm³/mol.